The summed E-state index contributed by atoms with van der Waals surface area (Å²) in [6, 6.07) is 13.0. The third-order valence-corrected chi connectivity index (χ3v) is 4.72. The zero-order valence-corrected chi connectivity index (χ0v) is 13.8. The van der Waals surface area contributed by atoms with Crippen molar-refractivity contribution in [3.63, 3.8) is 0 Å². The largest absolute Gasteiger partial charge is 0.380 e. The molecule has 0 unspecified atom stereocenters. The van der Waals surface area contributed by atoms with Crippen LogP contribution in [0.3, 0.4) is 0 Å². The van der Waals surface area contributed by atoms with Gasteiger partial charge in [-0.05, 0) is 59.2 Å². The second-order valence-electron chi connectivity index (χ2n) is 6.63. The number of rotatable bonds is 4. The van der Waals surface area contributed by atoms with Crippen LogP contribution in [-0.2, 0) is 17.7 Å². The van der Waals surface area contributed by atoms with Crippen molar-refractivity contribution in [1.29, 1.82) is 0 Å². The number of fused-ring (bicyclic) bond motifs is 1. The van der Waals surface area contributed by atoms with Crippen molar-refractivity contribution in [3.8, 4) is 0 Å². The van der Waals surface area contributed by atoms with Crippen LogP contribution in [0, 0.1) is 5.92 Å². The zero-order chi connectivity index (χ0) is 16.2. The van der Waals surface area contributed by atoms with Crippen LogP contribution in [0.5, 0.6) is 0 Å². The average Bonchev–Trinajstić information content (AvgIpc) is 2.96. The second kappa shape index (κ2) is 7.16. The summed E-state index contributed by atoms with van der Waals surface area (Å²) < 4.78 is 5.86. The Hall–Kier alpha value is -2.17. The van der Waals surface area contributed by atoms with E-state index in [4.69, 9.17) is 4.74 Å². The number of aromatic nitrogens is 2. The minimum atomic E-state index is 0.533. The van der Waals surface area contributed by atoms with Gasteiger partial charge in [-0.2, -0.15) is 0 Å². The van der Waals surface area contributed by atoms with Gasteiger partial charge >= 0.3 is 0 Å². The highest BCUT2D eigenvalue weighted by Gasteiger charge is 2.19. The Morgan fingerprint density at radius 3 is 2.96 bits per heavy atom. The molecule has 0 aliphatic carbocycles. The third kappa shape index (κ3) is 3.66. The van der Waals surface area contributed by atoms with Crippen molar-refractivity contribution in [2.45, 2.75) is 13.0 Å². The Bertz CT molecular complexity index is 784. The molecule has 0 spiro atoms. The number of H-pyrrole nitrogens is 1. The van der Waals surface area contributed by atoms with Gasteiger partial charge < -0.3 is 9.72 Å². The highest BCUT2D eigenvalue weighted by Crippen LogP contribution is 2.19. The van der Waals surface area contributed by atoms with Gasteiger partial charge in [-0.25, -0.2) is 0 Å². The van der Waals surface area contributed by atoms with E-state index < -0.39 is 0 Å². The molecule has 0 radical (unpaired) electrons. The number of benzene rings is 1. The first-order valence-electron chi connectivity index (χ1n) is 8.62. The fourth-order valence-corrected chi connectivity index (χ4v) is 3.53. The molecule has 1 N–H and O–H groups in total. The molecule has 0 bridgehead atoms. The number of nitrogens with one attached hydrogen (secondary N) is 1. The van der Waals surface area contributed by atoms with E-state index in [-0.39, 0.29) is 0 Å². The Morgan fingerprint density at radius 1 is 1.12 bits per heavy atom. The number of pyridine rings is 1. The van der Waals surface area contributed by atoms with Crippen molar-refractivity contribution >= 4 is 10.9 Å². The van der Waals surface area contributed by atoms with Gasteiger partial charge in [0.2, 0.25) is 0 Å². The normalized spacial score (nSPS) is 19.4. The molecule has 3 aromatic rings. The van der Waals surface area contributed by atoms with Crippen molar-refractivity contribution in [2.75, 3.05) is 26.3 Å². The number of aromatic amines is 1. The van der Waals surface area contributed by atoms with Gasteiger partial charge in [-0.15, -0.1) is 0 Å². The molecule has 0 saturated carbocycles. The number of hydrogen-bond donors (Lipinski definition) is 1. The molecule has 0 amide bonds. The Kier molecular flexibility index (Phi) is 4.58. The molecular formula is C20H23N3O. The fourth-order valence-electron chi connectivity index (χ4n) is 3.53. The molecule has 3 heterocycles. The lowest BCUT2D eigenvalue weighted by Gasteiger charge is -2.23. The van der Waals surface area contributed by atoms with Crippen LogP contribution < -0.4 is 0 Å². The van der Waals surface area contributed by atoms with Crippen LogP contribution in [0.15, 0.2) is 55.0 Å². The van der Waals surface area contributed by atoms with Crippen LogP contribution in [0.2, 0.25) is 0 Å². The van der Waals surface area contributed by atoms with E-state index in [1.807, 2.05) is 18.6 Å². The van der Waals surface area contributed by atoms with E-state index in [1.54, 1.807) is 0 Å². The van der Waals surface area contributed by atoms with Gasteiger partial charge in [0.1, 0.15) is 0 Å². The molecule has 4 heteroatoms. The minimum Gasteiger partial charge on any atom is -0.380 e. The monoisotopic (exact) mass is 321 g/mol. The summed E-state index contributed by atoms with van der Waals surface area (Å²) >= 11 is 0. The van der Waals surface area contributed by atoms with E-state index in [0.29, 0.717) is 5.92 Å². The molecule has 1 aromatic carbocycles. The second-order valence-corrected chi connectivity index (χ2v) is 6.63. The summed E-state index contributed by atoms with van der Waals surface area (Å²) in [5.74, 6) is 0.533. The molecule has 24 heavy (non-hydrogen) atoms. The predicted octanol–water partition coefficient (Wildman–Crippen LogP) is 3.25. The van der Waals surface area contributed by atoms with E-state index >= 15 is 0 Å². The molecule has 1 fully saturated rings. The molecule has 124 valence electrons. The Morgan fingerprint density at radius 2 is 2.04 bits per heavy atom. The lowest BCUT2D eigenvalue weighted by atomic mass is 9.98. The van der Waals surface area contributed by atoms with E-state index in [9.17, 15) is 0 Å². The molecule has 1 atom stereocenters. The maximum Gasteiger partial charge on any atom is 0.0593 e. The van der Waals surface area contributed by atoms with Crippen LogP contribution >= 0.6 is 0 Å². The summed E-state index contributed by atoms with van der Waals surface area (Å²) in [6.07, 6.45) is 6.80. The summed E-state index contributed by atoms with van der Waals surface area (Å²) in [6.45, 7) is 4.71. The van der Waals surface area contributed by atoms with Crippen LogP contribution in [0.25, 0.3) is 10.9 Å². The van der Waals surface area contributed by atoms with Crippen molar-refractivity contribution in [2.24, 2.45) is 5.92 Å². The lowest BCUT2D eigenvalue weighted by molar-refractivity contribution is 0.121. The van der Waals surface area contributed by atoms with Crippen LogP contribution in [0.4, 0.5) is 0 Å². The summed E-state index contributed by atoms with van der Waals surface area (Å²) in [5, 5.41) is 1.29. The minimum absolute atomic E-state index is 0.533. The zero-order valence-electron chi connectivity index (χ0n) is 13.8. The molecule has 4 nitrogen and oxygen atoms in total. The van der Waals surface area contributed by atoms with Gasteiger partial charge in [0.05, 0.1) is 13.2 Å². The molecule has 1 saturated heterocycles. The number of hydrogen-bond acceptors (Lipinski definition) is 3. The third-order valence-electron chi connectivity index (χ3n) is 4.72. The molecule has 2 aromatic heterocycles. The Balaban J connectivity index is 1.43. The molecule has 4 rings (SSSR count). The standard InChI is InChI=1S/C20H23N3O/c1-2-20-19(5-8-22-20)12-17(1)11-18-14-23(9-10-24-15-18)13-16-3-6-21-7-4-16/h1-8,12,18,22H,9-11,13-15H2/t18-/m0/s1. The van der Waals surface area contributed by atoms with Gasteiger partial charge in [-0.1, -0.05) is 6.07 Å². The SMILES string of the molecule is c1cc(CN2CCOC[C@@H](Cc3ccc4[nH]ccc4c3)C2)ccn1. The first-order valence-corrected chi connectivity index (χ1v) is 8.62. The van der Waals surface area contributed by atoms with Crippen LogP contribution in [0.1, 0.15) is 11.1 Å². The fraction of sp³-hybridized carbons (Fsp3) is 0.350. The van der Waals surface area contributed by atoms with E-state index in [2.05, 4.69) is 51.3 Å². The van der Waals surface area contributed by atoms with E-state index in [0.717, 1.165) is 39.3 Å². The first kappa shape index (κ1) is 15.4. The first-order chi connectivity index (χ1) is 11.9. The molecular weight excluding hydrogens is 298 g/mol. The maximum atomic E-state index is 5.86. The van der Waals surface area contributed by atoms with Crippen molar-refractivity contribution in [1.82, 2.24) is 14.9 Å². The summed E-state index contributed by atoms with van der Waals surface area (Å²) in [7, 11) is 0. The van der Waals surface area contributed by atoms with Gasteiger partial charge in [0, 0.05) is 43.7 Å². The lowest BCUT2D eigenvalue weighted by Crippen LogP contribution is -2.30. The quantitative estimate of drug-likeness (QED) is 0.802. The highest BCUT2D eigenvalue weighted by atomic mass is 16.5. The predicted molar refractivity (Wildman–Crippen MR) is 95.8 cm³/mol. The summed E-state index contributed by atoms with van der Waals surface area (Å²) in [4.78, 5) is 9.86. The number of nitrogens with zero attached hydrogens (tertiary/aromatic N) is 2. The average molecular weight is 321 g/mol. The van der Waals surface area contributed by atoms with Gasteiger partial charge in [-0.3, -0.25) is 9.88 Å². The van der Waals surface area contributed by atoms with E-state index in [1.165, 1.54) is 22.0 Å². The molecule has 1 aliphatic heterocycles. The van der Waals surface area contributed by atoms with Crippen molar-refractivity contribution in [3.05, 3.63) is 66.1 Å². The molecule has 1 aliphatic rings. The topological polar surface area (TPSA) is 41.1 Å². The van der Waals surface area contributed by atoms with Crippen molar-refractivity contribution < 1.29 is 4.74 Å². The Labute approximate surface area is 142 Å². The van der Waals surface area contributed by atoms with Crippen LogP contribution in [-0.4, -0.2) is 41.2 Å². The number of ether oxygens (including phenoxy) is 1. The van der Waals surface area contributed by atoms with Gasteiger partial charge in [0.15, 0.2) is 0 Å². The maximum absolute atomic E-state index is 5.86. The van der Waals surface area contributed by atoms with Gasteiger partial charge in [0.25, 0.3) is 0 Å². The smallest absolute Gasteiger partial charge is 0.0593 e. The summed E-state index contributed by atoms with van der Waals surface area (Å²) in [5.41, 5.74) is 3.91. The highest BCUT2D eigenvalue weighted by molar-refractivity contribution is 5.79.